The molecule has 0 saturated carbocycles. The van der Waals surface area contributed by atoms with E-state index in [4.69, 9.17) is 14.1 Å². The second-order valence-corrected chi connectivity index (χ2v) is 8.84. The van der Waals surface area contributed by atoms with Gasteiger partial charge in [-0.25, -0.2) is 4.98 Å². The zero-order valence-corrected chi connectivity index (χ0v) is 19.4. The molecule has 0 N–H and O–H groups in total. The van der Waals surface area contributed by atoms with Gasteiger partial charge in [0.15, 0.2) is 22.2 Å². The van der Waals surface area contributed by atoms with Crippen LogP contribution in [-0.2, 0) is 0 Å². The third-order valence-corrected chi connectivity index (χ3v) is 6.38. The van der Waals surface area contributed by atoms with Crippen LogP contribution in [0.25, 0.3) is 21.2 Å². The van der Waals surface area contributed by atoms with Crippen molar-refractivity contribution in [1.82, 2.24) is 9.88 Å². The molecule has 2 heterocycles. The van der Waals surface area contributed by atoms with Gasteiger partial charge in [0.25, 0.3) is 5.91 Å². The molecule has 0 aliphatic heterocycles. The Morgan fingerprint density at radius 1 is 1.16 bits per heavy atom. The summed E-state index contributed by atoms with van der Waals surface area (Å²) in [5, 5.41) is 1.53. The van der Waals surface area contributed by atoms with Crippen molar-refractivity contribution in [1.29, 1.82) is 0 Å². The largest absolute Gasteiger partial charge is 0.490 e. The molecule has 0 saturated heterocycles. The third-order valence-electron chi connectivity index (χ3n) is 5.34. The van der Waals surface area contributed by atoms with Crippen LogP contribution in [-0.4, -0.2) is 49.6 Å². The number of aryl methyl sites for hydroxylation is 2. The first kappa shape index (κ1) is 21.3. The number of para-hydroxylation sites is 1. The first-order valence-corrected chi connectivity index (χ1v) is 11.2. The molecule has 0 aliphatic rings. The molecular weight excluding hydrogens is 410 g/mol. The minimum atomic E-state index is -0.200. The highest BCUT2D eigenvalue weighted by Crippen LogP contribution is 2.34. The summed E-state index contributed by atoms with van der Waals surface area (Å²) >= 11 is 1.53. The number of amides is 1. The number of hydrogen-bond donors (Lipinski definition) is 0. The lowest BCUT2D eigenvalue weighted by Gasteiger charge is -2.20. The Hall–Kier alpha value is -2.90. The predicted molar refractivity (Wildman–Crippen MR) is 127 cm³/mol. The van der Waals surface area contributed by atoms with Crippen molar-refractivity contribution < 1.29 is 13.9 Å². The van der Waals surface area contributed by atoms with Crippen molar-refractivity contribution in [3.8, 4) is 5.75 Å². The van der Waals surface area contributed by atoms with Crippen LogP contribution in [0.3, 0.4) is 0 Å². The zero-order valence-electron chi connectivity index (χ0n) is 18.6. The highest BCUT2D eigenvalue weighted by Gasteiger charge is 2.25. The minimum Gasteiger partial charge on any atom is -0.490 e. The Balaban J connectivity index is 1.76. The van der Waals surface area contributed by atoms with E-state index in [9.17, 15) is 4.79 Å². The van der Waals surface area contributed by atoms with Gasteiger partial charge in [0.2, 0.25) is 0 Å². The number of carbonyl (C=O) groups excluding carboxylic acids is 1. The van der Waals surface area contributed by atoms with E-state index in [1.807, 2.05) is 39.2 Å². The molecule has 162 valence electrons. The molecule has 0 radical (unpaired) electrons. The number of nitrogens with zero attached hydrogens (tertiary/aromatic N) is 3. The van der Waals surface area contributed by atoms with Gasteiger partial charge < -0.3 is 14.1 Å². The van der Waals surface area contributed by atoms with E-state index in [0.717, 1.165) is 21.2 Å². The Labute approximate surface area is 186 Å². The SMILES string of the molecule is CCOc1cccc2cc(C(=O)N(CCN(C)C)c3nc4c(C)c(C)ccc4s3)oc12. The highest BCUT2D eigenvalue weighted by molar-refractivity contribution is 7.22. The van der Waals surface area contributed by atoms with Crippen molar-refractivity contribution in [3.63, 3.8) is 0 Å². The van der Waals surface area contributed by atoms with Crippen molar-refractivity contribution in [3.05, 3.63) is 53.3 Å². The van der Waals surface area contributed by atoms with Gasteiger partial charge in [0.05, 0.1) is 16.8 Å². The van der Waals surface area contributed by atoms with Gasteiger partial charge in [-0.15, -0.1) is 0 Å². The zero-order chi connectivity index (χ0) is 22.1. The summed E-state index contributed by atoms with van der Waals surface area (Å²) in [6.45, 7) is 7.83. The average Bonchev–Trinajstić information content (AvgIpc) is 3.36. The van der Waals surface area contributed by atoms with Crippen molar-refractivity contribution in [2.24, 2.45) is 0 Å². The number of ether oxygens (including phenoxy) is 1. The summed E-state index contributed by atoms with van der Waals surface area (Å²) < 4.78 is 12.7. The number of furan rings is 1. The lowest BCUT2D eigenvalue weighted by molar-refractivity contribution is 0.0960. The molecule has 0 bridgehead atoms. The molecule has 4 aromatic rings. The van der Waals surface area contributed by atoms with Crippen LogP contribution >= 0.6 is 11.3 Å². The molecule has 2 aromatic carbocycles. The van der Waals surface area contributed by atoms with Gasteiger partial charge in [0, 0.05) is 18.5 Å². The quantitative estimate of drug-likeness (QED) is 0.394. The second kappa shape index (κ2) is 8.69. The second-order valence-electron chi connectivity index (χ2n) is 7.83. The molecular formula is C24H27N3O3S. The summed E-state index contributed by atoms with van der Waals surface area (Å²) in [7, 11) is 3.98. The topological polar surface area (TPSA) is 58.8 Å². The summed E-state index contributed by atoms with van der Waals surface area (Å²) in [6.07, 6.45) is 0. The number of anilines is 1. The number of carbonyl (C=O) groups is 1. The predicted octanol–water partition coefficient (Wildman–Crippen LogP) is 5.27. The first-order valence-electron chi connectivity index (χ1n) is 10.4. The maximum Gasteiger partial charge on any atom is 0.295 e. The molecule has 1 amide bonds. The molecule has 0 aliphatic carbocycles. The monoisotopic (exact) mass is 437 g/mol. The number of rotatable bonds is 7. The Kier molecular flexibility index (Phi) is 5.98. The van der Waals surface area contributed by atoms with Gasteiger partial charge in [-0.3, -0.25) is 9.69 Å². The molecule has 6 nitrogen and oxygen atoms in total. The molecule has 2 aromatic heterocycles. The average molecular weight is 438 g/mol. The van der Waals surface area contributed by atoms with Crippen LogP contribution in [0.2, 0.25) is 0 Å². The van der Waals surface area contributed by atoms with E-state index in [0.29, 0.717) is 36.2 Å². The van der Waals surface area contributed by atoms with Crippen LogP contribution in [0.5, 0.6) is 5.75 Å². The van der Waals surface area contributed by atoms with E-state index in [1.54, 1.807) is 11.0 Å². The number of aromatic nitrogens is 1. The number of likely N-dealkylation sites (N-methyl/N-ethyl adjacent to an activating group) is 1. The fourth-order valence-corrected chi connectivity index (χ4v) is 4.51. The van der Waals surface area contributed by atoms with Crippen LogP contribution in [0.1, 0.15) is 28.6 Å². The van der Waals surface area contributed by atoms with Crippen LogP contribution in [0.15, 0.2) is 40.8 Å². The van der Waals surface area contributed by atoms with Crippen molar-refractivity contribution in [2.45, 2.75) is 20.8 Å². The minimum absolute atomic E-state index is 0.200. The number of thiazole rings is 1. The molecule has 4 rings (SSSR count). The van der Waals surface area contributed by atoms with E-state index in [2.05, 4.69) is 30.9 Å². The van der Waals surface area contributed by atoms with Crippen LogP contribution in [0, 0.1) is 13.8 Å². The fraction of sp³-hybridized carbons (Fsp3) is 0.333. The molecule has 7 heteroatoms. The number of fused-ring (bicyclic) bond motifs is 2. The van der Waals surface area contributed by atoms with E-state index in [-0.39, 0.29) is 11.7 Å². The van der Waals surface area contributed by atoms with Gasteiger partial charge in [-0.05, 0) is 64.2 Å². The van der Waals surface area contributed by atoms with Gasteiger partial charge in [-0.2, -0.15) is 0 Å². The Morgan fingerprint density at radius 3 is 2.71 bits per heavy atom. The number of hydrogen-bond acceptors (Lipinski definition) is 6. The van der Waals surface area contributed by atoms with Gasteiger partial charge in [-0.1, -0.05) is 29.5 Å². The normalized spacial score (nSPS) is 11.5. The smallest absolute Gasteiger partial charge is 0.295 e. The summed E-state index contributed by atoms with van der Waals surface area (Å²) in [6, 6.07) is 11.6. The third kappa shape index (κ3) is 4.16. The molecule has 0 fully saturated rings. The standard InChI is InChI=1S/C24H27N3O3S/c1-6-29-18-9-7-8-17-14-19(30-22(17)18)23(28)27(13-12-26(4)5)24-25-21-16(3)15(2)10-11-20(21)31-24/h7-11,14H,6,12-13H2,1-5H3. The molecule has 0 unspecified atom stereocenters. The summed E-state index contributed by atoms with van der Waals surface area (Å²) in [4.78, 5) is 22.2. The fourth-order valence-electron chi connectivity index (χ4n) is 3.46. The Bertz CT molecular complexity index is 1240. The Morgan fingerprint density at radius 2 is 1.97 bits per heavy atom. The van der Waals surface area contributed by atoms with E-state index in [1.165, 1.54) is 16.9 Å². The molecule has 0 atom stereocenters. The lowest BCUT2D eigenvalue weighted by Crippen LogP contribution is -2.36. The van der Waals surface area contributed by atoms with Gasteiger partial charge >= 0.3 is 0 Å². The summed E-state index contributed by atoms with van der Waals surface area (Å²) in [5.74, 6) is 0.729. The molecule has 0 spiro atoms. The maximum atomic E-state index is 13.6. The highest BCUT2D eigenvalue weighted by atomic mass is 32.1. The summed E-state index contributed by atoms with van der Waals surface area (Å²) in [5.41, 5.74) is 3.88. The van der Waals surface area contributed by atoms with Crippen LogP contribution in [0.4, 0.5) is 5.13 Å². The first-order chi connectivity index (χ1) is 14.9. The van der Waals surface area contributed by atoms with E-state index >= 15 is 0 Å². The van der Waals surface area contributed by atoms with Gasteiger partial charge in [0.1, 0.15) is 0 Å². The van der Waals surface area contributed by atoms with Crippen LogP contribution < -0.4 is 9.64 Å². The van der Waals surface area contributed by atoms with E-state index < -0.39 is 0 Å². The van der Waals surface area contributed by atoms with Crippen molar-refractivity contribution in [2.75, 3.05) is 38.7 Å². The lowest BCUT2D eigenvalue weighted by atomic mass is 10.1. The molecule has 31 heavy (non-hydrogen) atoms. The number of benzene rings is 2. The maximum absolute atomic E-state index is 13.6. The van der Waals surface area contributed by atoms with Crippen molar-refractivity contribution >= 4 is 43.6 Å².